The maximum atomic E-state index is 5.66. The fraction of sp³-hybridized carbons (Fsp3) is 0.833. The average Bonchev–Trinajstić information content (AvgIpc) is 2.22. The Balaban J connectivity index is 3.88. The monoisotopic (exact) mass is 197 g/mol. The van der Waals surface area contributed by atoms with E-state index in [0.717, 1.165) is 32.3 Å². The number of rotatable bonds is 8. The highest BCUT2D eigenvalue weighted by molar-refractivity contribution is 4.84. The fourth-order valence-corrected chi connectivity index (χ4v) is 1.67. The zero-order valence-electron chi connectivity index (χ0n) is 9.68. The van der Waals surface area contributed by atoms with Crippen molar-refractivity contribution < 1.29 is 4.74 Å². The number of likely N-dealkylation sites (N-methyl/N-ethyl adjacent to an activating group) is 1. The fourth-order valence-electron chi connectivity index (χ4n) is 1.67. The summed E-state index contributed by atoms with van der Waals surface area (Å²) in [5.41, 5.74) is 0. The van der Waals surface area contributed by atoms with E-state index in [4.69, 9.17) is 11.2 Å². The van der Waals surface area contributed by atoms with Crippen LogP contribution in [0.5, 0.6) is 0 Å². The molecule has 2 unspecified atom stereocenters. The van der Waals surface area contributed by atoms with E-state index >= 15 is 0 Å². The van der Waals surface area contributed by atoms with Crippen LogP contribution in [0.15, 0.2) is 0 Å². The summed E-state index contributed by atoms with van der Waals surface area (Å²) in [7, 11) is 1.99. The maximum Gasteiger partial charge on any atom is 0.0725 e. The van der Waals surface area contributed by atoms with Crippen molar-refractivity contribution in [1.29, 1.82) is 0 Å². The molecule has 0 saturated carbocycles. The van der Waals surface area contributed by atoms with Crippen LogP contribution in [0.3, 0.4) is 0 Å². The lowest BCUT2D eigenvalue weighted by Gasteiger charge is -2.25. The molecule has 0 aromatic heterocycles. The molecule has 0 rings (SSSR count). The Bertz CT molecular complexity index is 162. The minimum absolute atomic E-state index is 0.322. The Morgan fingerprint density at radius 2 is 2.14 bits per heavy atom. The van der Waals surface area contributed by atoms with Gasteiger partial charge >= 0.3 is 0 Å². The second kappa shape index (κ2) is 9.05. The number of nitrogens with one attached hydrogen (secondary N) is 1. The summed E-state index contributed by atoms with van der Waals surface area (Å²) >= 11 is 0. The molecule has 0 amide bonds. The number of terminal acetylenes is 1. The Hall–Kier alpha value is -0.520. The molecule has 2 heteroatoms. The topological polar surface area (TPSA) is 21.3 Å². The summed E-state index contributed by atoms with van der Waals surface area (Å²) < 4.78 is 5.66. The van der Waals surface area contributed by atoms with Crippen molar-refractivity contribution in [2.24, 2.45) is 0 Å². The van der Waals surface area contributed by atoms with Gasteiger partial charge in [-0.3, -0.25) is 0 Å². The molecule has 0 fully saturated rings. The lowest BCUT2D eigenvalue weighted by Crippen LogP contribution is -2.39. The first-order valence-corrected chi connectivity index (χ1v) is 5.52. The van der Waals surface area contributed by atoms with Crippen molar-refractivity contribution in [3.8, 4) is 12.3 Å². The third-order valence-electron chi connectivity index (χ3n) is 2.44. The van der Waals surface area contributed by atoms with E-state index in [0.29, 0.717) is 12.1 Å². The van der Waals surface area contributed by atoms with E-state index in [-0.39, 0.29) is 0 Å². The number of ether oxygens (including phenoxy) is 1. The molecule has 82 valence electrons. The van der Waals surface area contributed by atoms with Gasteiger partial charge in [0.1, 0.15) is 0 Å². The highest BCUT2D eigenvalue weighted by atomic mass is 16.5. The minimum atomic E-state index is 0.322. The number of hydrogen-bond acceptors (Lipinski definition) is 2. The van der Waals surface area contributed by atoms with E-state index in [9.17, 15) is 0 Å². The highest BCUT2D eigenvalue weighted by Gasteiger charge is 2.17. The van der Waals surface area contributed by atoms with Gasteiger partial charge in [0.05, 0.1) is 6.10 Å². The van der Waals surface area contributed by atoms with Gasteiger partial charge in [0.25, 0.3) is 0 Å². The Morgan fingerprint density at radius 1 is 1.43 bits per heavy atom. The van der Waals surface area contributed by atoms with Crippen molar-refractivity contribution in [2.45, 2.75) is 51.7 Å². The molecule has 2 atom stereocenters. The standard InChI is InChI=1S/C12H23NO/c1-5-8-9-10-11(13-4)12(6-2)14-7-3/h1,11-13H,6-10H2,2-4H3. The quantitative estimate of drug-likeness (QED) is 0.476. The largest absolute Gasteiger partial charge is 0.377 e. The van der Waals surface area contributed by atoms with Crippen LogP contribution in [-0.2, 0) is 4.74 Å². The van der Waals surface area contributed by atoms with Crippen molar-refractivity contribution >= 4 is 0 Å². The SMILES string of the molecule is C#CCCCC(NC)C(CC)OCC. The van der Waals surface area contributed by atoms with E-state index in [1.54, 1.807) is 0 Å². The molecule has 14 heavy (non-hydrogen) atoms. The van der Waals surface area contributed by atoms with E-state index in [2.05, 4.69) is 18.2 Å². The zero-order chi connectivity index (χ0) is 10.8. The van der Waals surface area contributed by atoms with Gasteiger partial charge in [0.15, 0.2) is 0 Å². The molecule has 0 aromatic carbocycles. The van der Waals surface area contributed by atoms with Crippen molar-refractivity contribution in [3.63, 3.8) is 0 Å². The zero-order valence-corrected chi connectivity index (χ0v) is 9.68. The smallest absolute Gasteiger partial charge is 0.0725 e. The Kier molecular flexibility index (Phi) is 8.72. The van der Waals surface area contributed by atoms with Gasteiger partial charge in [0.2, 0.25) is 0 Å². The van der Waals surface area contributed by atoms with Crippen molar-refractivity contribution in [3.05, 3.63) is 0 Å². The molecule has 0 spiro atoms. The van der Waals surface area contributed by atoms with Crippen LogP contribution >= 0.6 is 0 Å². The minimum Gasteiger partial charge on any atom is -0.377 e. The predicted octanol–water partition coefficient (Wildman–Crippen LogP) is 2.19. The third-order valence-corrected chi connectivity index (χ3v) is 2.44. The van der Waals surface area contributed by atoms with E-state index in [1.807, 2.05) is 14.0 Å². The first-order chi connectivity index (χ1) is 6.79. The van der Waals surface area contributed by atoms with Crippen LogP contribution < -0.4 is 5.32 Å². The molecule has 2 nitrogen and oxygen atoms in total. The predicted molar refractivity (Wildman–Crippen MR) is 61.2 cm³/mol. The second-order valence-corrected chi connectivity index (χ2v) is 3.39. The lowest BCUT2D eigenvalue weighted by atomic mass is 10.0. The van der Waals surface area contributed by atoms with Crippen LogP contribution in [0.25, 0.3) is 0 Å². The second-order valence-electron chi connectivity index (χ2n) is 3.39. The first-order valence-electron chi connectivity index (χ1n) is 5.52. The van der Waals surface area contributed by atoms with Crippen LogP contribution in [-0.4, -0.2) is 25.8 Å². The van der Waals surface area contributed by atoms with Gasteiger partial charge in [0, 0.05) is 19.1 Å². The van der Waals surface area contributed by atoms with Crippen LogP contribution in [0.1, 0.15) is 39.5 Å². The van der Waals surface area contributed by atoms with Gasteiger partial charge in [-0.1, -0.05) is 6.92 Å². The third kappa shape index (κ3) is 5.26. The molecule has 0 aliphatic carbocycles. The molecule has 0 aliphatic rings. The Labute approximate surface area is 88.4 Å². The highest BCUT2D eigenvalue weighted by Crippen LogP contribution is 2.10. The number of hydrogen-bond donors (Lipinski definition) is 1. The van der Waals surface area contributed by atoms with Crippen molar-refractivity contribution in [2.75, 3.05) is 13.7 Å². The molecular weight excluding hydrogens is 174 g/mol. The summed E-state index contributed by atoms with van der Waals surface area (Å²) in [6, 6.07) is 0.438. The molecule has 0 bridgehead atoms. The van der Waals surface area contributed by atoms with Gasteiger partial charge in [-0.2, -0.15) is 0 Å². The van der Waals surface area contributed by atoms with Gasteiger partial charge in [-0.05, 0) is 33.2 Å². The number of unbranched alkanes of at least 4 members (excludes halogenated alkanes) is 1. The first kappa shape index (κ1) is 13.5. The van der Waals surface area contributed by atoms with Crippen LogP contribution in [0.2, 0.25) is 0 Å². The summed E-state index contributed by atoms with van der Waals surface area (Å²) in [4.78, 5) is 0. The maximum absolute atomic E-state index is 5.66. The van der Waals surface area contributed by atoms with E-state index in [1.165, 1.54) is 0 Å². The molecular formula is C12H23NO. The average molecular weight is 197 g/mol. The molecule has 1 N–H and O–H groups in total. The molecule has 0 heterocycles. The summed E-state index contributed by atoms with van der Waals surface area (Å²) in [6.45, 7) is 4.98. The molecule has 0 aromatic rings. The van der Waals surface area contributed by atoms with Crippen molar-refractivity contribution in [1.82, 2.24) is 5.32 Å². The molecule has 0 aliphatic heterocycles. The summed E-state index contributed by atoms with van der Waals surface area (Å²) in [6.07, 6.45) is 9.63. The van der Waals surface area contributed by atoms with Gasteiger partial charge < -0.3 is 10.1 Å². The van der Waals surface area contributed by atoms with E-state index < -0.39 is 0 Å². The van der Waals surface area contributed by atoms with Crippen LogP contribution in [0, 0.1) is 12.3 Å². The molecule has 0 saturated heterocycles. The normalized spacial score (nSPS) is 14.7. The van der Waals surface area contributed by atoms with Gasteiger partial charge in [-0.15, -0.1) is 12.3 Å². The van der Waals surface area contributed by atoms with Crippen LogP contribution in [0.4, 0.5) is 0 Å². The summed E-state index contributed by atoms with van der Waals surface area (Å²) in [5, 5.41) is 3.30. The Morgan fingerprint density at radius 3 is 2.57 bits per heavy atom. The molecule has 0 radical (unpaired) electrons. The lowest BCUT2D eigenvalue weighted by molar-refractivity contribution is 0.0312. The summed E-state index contributed by atoms with van der Waals surface area (Å²) in [5.74, 6) is 2.67. The van der Waals surface area contributed by atoms with Gasteiger partial charge in [-0.25, -0.2) is 0 Å².